The van der Waals surface area contributed by atoms with Gasteiger partial charge >= 0.3 is 0 Å². The first-order valence-corrected chi connectivity index (χ1v) is 8.55. The Labute approximate surface area is 163 Å². The fourth-order valence-corrected chi connectivity index (χ4v) is 3.07. The summed E-state index contributed by atoms with van der Waals surface area (Å²) in [5.41, 5.74) is 6.65. The van der Waals surface area contributed by atoms with Crippen LogP contribution in [0.15, 0.2) is 48.7 Å². The van der Waals surface area contributed by atoms with Gasteiger partial charge in [-0.25, -0.2) is 8.78 Å². The molecular weight excluding hydrogens is 380 g/mol. The molecule has 7 nitrogen and oxygen atoms in total. The molecule has 0 unspecified atom stereocenters. The molecule has 2 amide bonds. The molecule has 146 valence electrons. The molecule has 0 spiro atoms. The maximum absolute atomic E-state index is 14.2. The summed E-state index contributed by atoms with van der Waals surface area (Å²) in [5, 5.41) is 7.50. The number of nitrogens with two attached hydrogens (primary N) is 1. The summed E-state index contributed by atoms with van der Waals surface area (Å²) in [7, 11) is 1.58. The van der Waals surface area contributed by atoms with E-state index < -0.39 is 23.4 Å². The highest BCUT2D eigenvalue weighted by atomic mass is 19.1. The molecule has 2 aromatic carbocycles. The van der Waals surface area contributed by atoms with Crippen molar-refractivity contribution < 1.29 is 18.4 Å². The lowest BCUT2D eigenvalue weighted by Gasteiger charge is -2.06. The average molecular weight is 395 g/mol. The molecule has 0 aliphatic rings. The second-order valence-corrected chi connectivity index (χ2v) is 6.49. The van der Waals surface area contributed by atoms with Gasteiger partial charge in [0.1, 0.15) is 23.0 Å². The van der Waals surface area contributed by atoms with Gasteiger partial charge in [-0.1, -0.05) is 0 Å². The third kappa shape index (κ3) is 3.45. The Morgan fingerprint density at radius 1 is 1.14 bits per heavy atom. The molecule has 0 radical (unpaired) electrons. The lowest BCUT2D eigenvalue weighted by molar-refractivity contribution is 0.0994. The number of rotatable bonds is 4. The van der Waals surface area contributed by atoms with Crippen LogP contribution in [0.3, 0.4) is 0 Å². The van der Waals surface area contributed by atoms with Crippen molar-refractivity contribution >= 4 is 28.4 Å². The third-order valence-corrected chi connectivity index (χ3v) is 4.40. The van der Waals surface area contributed by atoms with Crippen molar-refractivity contribution in [2.24, 2.45) is 12.8 Å². The number of aromatic nitrogens is 3. The Balaban J connectivity index is 1.68. The monoisotopic (exact) mass is 395 g/mol. The van der Waals surface area contributed by atoms with Crippen LogP contribution in [0.5, 0.6) is 0 Å². The number of fused-ring (bicyclic) bond motifs is 1. The van der Waals surface area contributed by atoms with Crippen molar-refractivity contribution in [2.75, 3.05) is 5.32 Å². The quantitative estimate of drug-likeness (QED) is 0.494. The van der Waals surface area contributed by atoms with Gasteiger partial charge in [0.25, 0.3) is 11.8 Å². The maximum Gasteiger partial charge on any atom is 0.265 e. The van der Waals surface area contributed by atoms with Crippen LogP contribution in [0.2, 0.25) is 0 Å². The van der Waals surface area contributed by atoms with Crippen LogP contribution in [0.1, 0.15) is 20.8 Å². The molecule has 0 aliphatic heterocycles. The van der Waals surface area contributed by atoms with Gasteiger partial charge in [0, 0.05) is 35.4 Å². The molecule has 2 aromatic heterocycles. The Hall–Kier alpha value is -4.01. The number of benzene rings is 2. The number of primary amides is 1. The highest BCUT2D eigenvalue weighted by Crippen LogP contribution is 2.27. The van der Waals surface area contributed by atoms with Crippen molar-refractivity contribution in [1.29, 1.82) is 0 Å². The van der Waals surface area contributed by atoms with E-state index in [0.29, 0.717) is 16.6 Å². The molecular formula is C20H15F2N5O2. The molecule has 4 rings (SSSR count). The van der Waals surface area contributed by atoms with Gasteiger partial charge in [-0.05, 0) is 42.5 Å². The molecule has 0 fully saturated rings. The van der Waals surface area contributed by atoms with Crippen molar-refractivity contribution in [3.63, 3.8) is 0 Å². The first kappa shape index (κ1) is 18.4. The normalized spacial score (nSPS) is 11.0. The summed E-state index contributed by atoms with van der Waals surface area (Å²) in [4.78, 5) is 27.0. The predicted octanol–water partition coefficient (Wildman–Crippen LogP) is 3.20. The number of hydrogen-bond donors (Lipinski definition) is 3. The summed E-state index contributed by atoms with van der Waals surface area (Å²) in [5.74, 6) is -2.46. The number of nitrogens with one attached hydrogen (secondary N) is 2. The number of aromatic amines is 1. The Morgan fingerprint density at radius 3 is 2.69 bits per heavy atom. The molecule has 0 saturated heterocycles. The molecule has 0 bridgehead atoms. The van der Waals surface area contributed by atoms with E-state index in [1.54, 1.807) is 31.3 Å². The number of hydrogen-bond acceptors (Lipinski definition) is 3. The second-order valence-electron chi connectivity index (χ2n) is 6.49. The van der Waals surface area contributed by atoms with E-state index >= 15 is 0 Å². The summed E-state index contributed by atoms with van der Waals surface area (Å²) < 4.78 is 29.1. The zero-order valence-corrected chi connectivity index (χ0v) is 15.2. The highest BCUT2D eigenvalue weighted by molar-refractivity contribution is 6.09. The molecule has 2 heterocycles. The van der Waals surface area contributed by atoms with Crippen LogP contribution >= 0.6 is 0 Å². The largest absolute Gasteiger partial charge is 0.364 e. The molecule has 9 heteroatoms. The SMILES string of the molecule is Cn1cc(C(=O)Nc2ccc3[nH]c(C(N)=O)cc3c2)c(-c2cc(F)ccc2F)n1. The Kier molecular flexibility index (Phi) is 4.34. The first-order valence-electron chi connectivity index (χ1n) is 8.55. The summed E-state index contributed by atoms with van der Waals surface area (Å²) >= 11 is 0. The second kappa shape index (κ2) is 6.86. The van der Waals surface area contributed by atoms with E-state index in [4.69, 9.17) is 5.73 Å². The Morgan fingerprint density at radius 2 is 1.93 bits per heavy atom. The van der Waals surface area contributed by atoms with E-state index in [1.807, 2.05) is 0 Å². The molecule has 0 aliphatic carbocycles. The number of halogens is 2. The van der Waals surface area contributed by atoms with Crippen LogP contribution in [-0.2, 0) is 7.05 Å². The van der Waals surface area contributed by atoms with E-state index in [-0.39, 0.29) is 22.5 Å². The predicted molar refractivity (Wildman–Crippen MR) is 103 cm³/mol. The smallest absolute Gasteiger partial charge is 0.265 e. The van der Waals surface area contributed by atoms with Gasteiger partial charge in [0.05, 0.1) is 5.56 Å². The molecule has 4 N–H and O–H groups in total. The van der Waals surface area contributed by atoms with E-state index in [0.717, 1.165) is 18.2 Å². The zero-order chi connectivity index (χ0) is 20.7. The van der Waals surface area contributed by atoms with Gasteiger partial charge in [-0.15, -0.1) is 0 Å². The number of H-pyrrole nitrogens is 1. The number of anilines is 1. The standard InChI is InChI=1S/C20H15F2N5O2/c1-27-9-14(18(26-27)13-8-11(21)2-4-15(13)22)20(29)24-12-3-5-16-10(6-12)7-17(25-16)19(23)28/h2-9,25H,1H3,(H2,23,28)(H,24,29). The van der Waals surface area contributed by atoms with Gasteiger partial charge in [-0.3, -0.25) is 14.3 Å². The van der Waals surface area contributed by atoms with Crippen LogP contribution in [-0.4, -0.2) is 26.6 Å². The van der Waals surface area contributed by atoms with E-state index in [1.165, 1.54) is 10.9 Å². The van der Waals surface area contributed by atoms with E-state index in [9.17, 15) is 18.4 Å². The van der Waals surface area contributed by atoms with Gasteiger partial charge in [0.15, 0.2) is 0 Å². The minimum atomic E-state index is -0.688. The highest BCUT2D eigenvalue weighted by Gasteiger charge is 2.20. The number of nitrogens with zero attached hydrogens (tertiary/aromatic N) is 2. The number of amides is 2. The van der Waals surface area contributed by atoms with Crippen molar-refractivity contribution in [1.82, 2.24) is 14.8 Å². The van der Waals surface area contributed by atoms with Crippen LogP contribution in [0, 0.1) is 11.6 Å². The third-order valence-electron chi connectivity index (χ3n) is 4.40. The lowest BCUT2D eigenvalue weighted by atomic mass is 10.1. The van der Waals surface area contributed by atoms with Gasteiger partial charge in [-0.2, -0.15) is 5.10 Å². The zero-order valence-electron chi connectivity index (χ0n) is 15.2. The topological polar surface area (TPSA) is 106 Å². The van der Waals surface area contributed by atoms with Crippen molar-refractivity contribution in [2.45, 2.75) is 0 Å². The van der Waals surface area contributed by atoms with Crippen molar-refractivity contribution in [3.8, 4) is 11.3 Å². The van der Waals surface area contributed by atoms with Crippen LogP contribution < -0.4 is 11.1 Å². The van der Waals surface area contributed by atoms with Crippen LogP contribution in [0.25, 0.3) is 22.2 Å². The Bertz CT molecular complexity index is 1280. The molecule has 4 aromatic rings. The van der Waals surface area contributed by atoms with E-state index in [2.05, 4.69) is 15.4 Å². The molecule has 0 atom stereocenters. The van der Waals surface area contributed by atoms with Crippen LogP contribution in [0.4, 0.5) is 14.5 Å². The summed E-state index contributed by atoms with van der Waals surface area (Å²) in [6.45, 7) is 0. The number of carbonyl (C=O) groups excluding carboxylic acids is 2. The van der Waals surface area contributed by atoms with Crippen molar-refractivity contribution in [3.05, 3.63) is 71.6 Å². The van der Waals surface area contributed by atoms with Gasteiger partial charge in [0.2, 0.25) is 0 Å². The fraction of sp³-hybridized carbons (Fsp3) is 0.0500. The first-order chi connectivity index (χ1) is 13.8. The minimum absolute atomic E-state index is 0.0285. The molecule has 0 saturated carbocycles. The van der Waals surface area contributed by atoms with Gasteiger partial charge < -0.3 is 16.0 Å². The minimum Gasteiger partial charge on any atom is -0.364 e. The fourth-order valence-electron chi connectivity index (χ4n) is 3.07. The summed E-state index contributed by atoms with van der Waals surface area (Å²) in [6, 6.07) is 9.53. The lowest BCUT2D eigenvalue weighted by Crippen LogP contribution is -2.12. The number of carbonyl (C=O) groups is 2. The average Bonchev–Trinajstić information content (AvgIpc) is 3.27. The maximum atomic E-state index is 14.2. The molecule has 29 heavy (non-hydrogen) atoms. The number of aryl methyl sites for hydroxylation is 1. The summed E-state index contributed by atoms with van der Waals surface area (Å²) in [6.07, 6.45) is 1.43.